The van der Waals surface area contributed by atoms with Gasteiger partial charge in [-0.3, -0.25) is 4.90 Å². The van der Waals surface area contributed by atoms with E-state index in [0.717, 1.165) is 30.1 Å². The number of anilines is 1. The first-order valence-corrected chi connectivity index (χ1v) is 12.0. The lowest BCUT2D eigenvalue weighted by molar-refractivity contribution is -0.00446. The molecule has 0 radical (unpaired) electrons. The van der Waals surface area contributed by atoms with Gasteiger partial charge in [-0.1, -0.05) is 0 Å². The number of rotatable bonds is 5. The number of aromatic hydroxyl groups is 1. The van der Waals surface area contributed by atoms with E-state index < -0.39 is 10.0 Å². The number of phenols is 1. The minimum Gasteiger partial charge on any atom is -0.508 e. The Bertz CT molecular complexity index is 905. The highest BCUT2D eigenvalue weighted by atomic mass is 32.2. The summed E-state index contributed by atoms with van der Waals surface area (Å²) in [5.74, 6) is 0.220. The number of ether oxygens (including phenoxy) is 1. The van der Waals surface area contributed by atoms with Crippen molar-refractivity contribution in [3.05, 3.63) is 35.8 Å². The van der Waals surface area contributed by atoms with E-state index in [4.69, 9.17) is 4.74 Å². The molecule has 0 spiro atoms. The maximum atomic E-state index is 13.0. The van der Waals surface area contributed by atoms with Crippen molar-refractivity contribution >= 4 is 27.0 Å². The molecule has 2 aromatic rings. The van der Waals surface area contributed by atoms with Crippen LogP contribution in [0.25, 0.3) is 0 Å². The van der Waals surface area contributed by atoms with Gasteiger partial charge in [-0.2, -0.15) is 4.31 Å². The monoisotopic (exact) mass is 438 g/mol. The second-order valence-corrected chi connectivity index (χ2v) is 10.4. The number of sulfonamides is 1. The van der Waals surface area contributed by atoms with Crippen LogP contribution in [0.2, 0.25) is 0 Å². The van der Waals surface area contributed by atoms with Crippen LogP contribution >= 0.6 is 11.3 Å². The van der Waals surface area contributed by atoms with E-state index in [1.54, 1.807) is 21.8 Å². The number of hydrogen-bond donors (Lipinski definition) is 1. The third-order valence-corrected chi connectivity index (χ3v) is 8.59. The van der Waals surface area contributed by atoms with Gasteiger partial charge in [-0.05, 0) is 31.2 Å². The molecule has 8 nitrogen and oxygen atoms in total. The molecule has 10 heteroatoms. The molecule has 1 aromatic carbocycles. The molecular weight excluding hydrogens is 412 g/mol. The van der Waals surface area contributed by atoms with Crippen molar-refractivity contribution in [1.82, 2.24) is 14.2 Å². The second kappa shape index (κ2) is 8.57. The minimum absolute atomic E-state index is 0.0106. The summed E-state index contributed by atoms with van der Waals surface area (Å²) < 4.78 is 33.3. The topological polar surface area (TPSA) is 86.2 Å². The fraction of sp³-hybridized carbons (Fsp3) is 0.526. The normalized spacial score (nSPS) is 24.7. The lowest BCUT2D eigenvalue weighted by Crippen LogP contribution is -2.60. The smallest absolute Gasteiger partial charge is 0.270 e. The number of thiazole rings is 1. The van der Waals surface area contributed by atoms with Crippen molar-refractivity contribution in [3.8, 4) is 5.75 Å². The van der Waals surface area contributed by atoms with Gasteiger partial charge in [0.05, 0.1) is 19.3 Å². The first-order chi connectivity index (χ1) is 13.9. The van der Waals surface area contributed by atoms with E-state index in [9.17, 15) is 13.5 Å². The predicted molar refractivity (Wildman–Crippen MR) is 112 cm³/mol. The van der Waals surface area contributed by atoms with E-state index in [1.807, 2.05) is 12.1 Å². The summed E-state index contributed by atoms with van der Waals surface area (Å²) in [5, 5.41) is 11.3. The lowest BCUT2D eigenvalue weighted by atomic mass is 10.1. The fourth-order valence-corrected chi connectivity index (χ4v) is 6.37. The Morgan fingerprint density at radius 3 is 2.72 bits per heavy atom. The highest BCUT2D eigenvalue weighted by Gasteiger charge is 2.37. The van der Waals surface area contributed by atoms with Gasteiger partial charge in [0.15, 0.2) is 0 Å². The Morgan fingerprint density at radius 2 is 2.03 bits per heavy atom. The van der Waals surface area contributed by atoms with Crippen LogP contribution in [-0.2, 0) is 14.8 Å². The molecule has 1 N–H and O–H groups in total. The standard InChI is InChI=1S/C19H26N4O4S2/c1-15-14-27-10-9-21(15)12-17-13-22(29(25,26)19-20-6-11-28-19)7-8-23(17)16-2-4-18(24)5-3-16/h2-6,11,15,17,24H,7-10,12-14H2,1H3/t15-,17-/m0/s1. The van der Waals surface area contributed by atoms with Crippen molar-refractivity contribution in [2.24, 2.45) is 0 Å². The van der Waals surface area contributed by atoms with Gasteiger partial charge in [0.1, 0.15) is 5.75 Å². The van der Waals surface area contributed by atoms with Crippen molar-refractivity contribution in [3.63, 3.8) is 0 Å². The third-order valence-electron chi connectivity index (χ3n) is 5.55. The minimum atomic E-state index is -3.59. The SMILES string of the molecule is C[C@H]1COCCN1C[C@H]1CN(S(=O)(=O)c2nccs2)CCN1c1ccc(O)cc1. The maximum absolute atomic E-state index is 13.0. The summed E-state index contributed by atoms with van der Waals surface area (Å²) in [5.41, 5.74) is 0.986. The van der Waals surface area contributed by atoms with E-state index in [0.29, 0.717) is 32.8 Å². The van der Waals surface area contributed by atoms with Crippen LogP contribution in [-0.4, -0.2) is 85.7 Å². The highest BCUT2D eigenvalue weighted by Crippen LogP contribution is 2.27. The van der Waals surface area contributed by atoms with Gasteiger partial charge in [-0.25, -0.2) is 13.4 Å². The van der Waals surface area contributed by atoms with E-state index in [-0.39, 0.29) is 22.2 Å². The molecule has 29 heavy (non-hydrogen) atoms. The maximum Gasteiger partial charge on any atom is 0.270 e. The first kappa shape index (κ1) is 20.5. The van der Waals surface area contributed by atoms with Crippen LogP contribution in [0.15, 0.2) is 40.2 Å². The Balaban J connectivity index is 1.58. The zero-order valence-electron chi connectivity index (χ0n) is 16.3. The van der Waals surface area contributed by atoms with Crippen LogP contribution < -0.4 is 4.90 Å². The van der Waals surface area contributed by atoms with Crippen molar-refractivity contribution < 1.29 is 18.3 Å². The lowest BCUT2D eigenvalue weighted by Gasteiger charge is -2.45. The molecule has 158 valence electrons. The third kappa shape index (κ3) is 4.41. The van der Waals surface area contributed by atoms with Crippen LogP contribution in [0.1, 0.15) is 6.92 Å². The summed E-state index contributed by atoms with van der Waals surface area (Å²) in [6.07, 6.45) is 1.52. The number of benzene rings is 1. The molecule has 2 fully saturated rings. The van der Waals surface area contributed by atoms with E-state index in [2.05, 4.69) is 21.7 Å². The predicted octanol–water partition coefficient (Wildman–Crippen LogP) is 1.45. The molecule has 0 bridgehead atoms. The largest absolute Gasteiger partial charge is 0.508 e. The Hall–Kier alpha value is -1.72. The van der Waals surface area contributed by atoms with Gasteiger partial charge in [0, 0.05) is 56.0 Å². The Labute approximate surface area is 175 Å². The summed E-state index contributed by atoms with van der Waals surface area (Å²) in [6.45, 7) is 6.47. The molecule has 2 aliphatic rings. The summed E-state index contributed by atoms with van der Waals surface area (Å²) in [7, 11) is -3.59. The Morgan fingerprint density at radius 1 is 1.24 bits per heavy atom. The summed E-state index contributed by atoms with van der Waals surface area (Å²) in [6, 6.07) is 7.39. The number of piperazine rings is 1. The van der Waals surface area contributed by atoms with Gasteiger partial charge in [-0.15, -0.1) is 11.3 Å². The number of aromatic nitrogens is 1. The number of phenolic OH excluding ortho intramolecular Hbond substituents is 1. The van der Waals surface area contributed by atoms with Crippen molar-refractivity contribution in [1.29, 1.82) is 0 Å². The zero-order valence-corrected chi connectivity index (χ0v) is 18.0. The fourth-order valence-electron chi connectivity index (χ4n) is 3.94. The molecule has 0 amide bonds. The number of morpholine rings is 1. The molecule has 0 saturated carbocycles. The molecular formula is C19H26N4O4S2. The highest BCUT2D eigenvalue weighted by molar-refractivity contribution is 7.91. The molecule has 0 aliphatic carbocycles. The van der Waals surface area contributed by atoms with Crippen LogP contribution in [0.5, 0.6) is 5.75 Å². The second-order valence-electron chi connectivity index (χ2n) is 7.44. The van der Waals surface area contributed by atoms with E-state index >= 15 is 0 Å². The molecule has 1 aromatic heterocycles. The van der Waals surface area contributed by atoms with Gasteiger partial charge >= 0.3 is 0 Å². The van der Waals surface area contributed by atoms with Gasteiger partial charge in [0.25, 0.3) is 10.0 Å². The van der Waals surface area contributed by atoms with Crippen LogP contribution in [0.3, 0.4) is 0 Å². The average Bonchev–Trinajstić information content (AvgIpc) is 3.26. The van der Waals surface area contributed by atoms with Gasteiger partial charge in [0.2, 0.25) is 4.34 Å². The summed E-state index contributed by atoms with van der Waals surface area (Å²) in [4.78, 5) is 8.63. The number of hydrogen-bond acceptors (Lipinski definition) is 8. The zero-order chi connectivity index (χ0) is 20.4. The average molecular weight is 439 g/mol. The van der Waals surface area contributed by atoms with Crippen molar-refractivity contribution in [2.75, 3.05) is 50.8 Å². The van der Waals surface area contributed by atoms with Crippen LogP contribution in [0, 0.1) is 0 Å². The quantitative estimate of drug-likeness (QED) is 0.756. The molecule has 3 heterocycles. The molecule has 2 aliphatic heterocycles. The summed E-state index contributed by atoms with van der Waals surface area (Å²) >= 11 is 1.15. The molecule has 2 atom stereocenters. The van der Waals surface area contributed by atoms with E-state index in [1.165, 1.54) is 6.20 Å². The molecule has 4 rings (SSSR count). The number of nitrogens with zero attached hydrogens (tertiary/aromatic N) is 4. The molecule has 0 unspecified atom stereocenters. The van der Waals surface area contributed by atoms with Crippen molar-refractivity contribution in [2.45, 2.75) is 23.3 Å². The first-order valence-electron chi connectivity index (χ1n) is 9.72. The molecule has 2 saturated heterocycles. The van der Waals surface area contributed by atoms with Crippen LogP contribution in [0.4, 0.5) is 5.69 Å². The Kier molecular flexibility index (Phi) is 6.07. The van der Waals surface area contributed by atoms with Gasteiger partial charge < -0.3 is 14.7 Å².